The number of hydrogen-bond donors (Lipinski definition) is 1. The molecule has 0 amide bonds. The molecule has 0 saturated carbocycles. The number of hydrogen-bond acceptors (Lipinski definition) is 1. The molecular formula is C14H21BrO. The third-order valence-electron chi connectivity index (χ3n) is 2.86. The van der Waals surface area contributed by atoms with Gasteiger partial charge < -0.3 is 5.11 Å². The minimum Gasteiger partial charge on any atom is -0.507 e. The van der Waals surface area contributed by atoms with Gasteiger partial charge in [0, 0.05) is 5.33 Å². The van der Waals surface area contributed by atoms with Gasteiger partial charge in [0.15, 0.2) is 0 Å². The summed E-state index contributed by atoms with van der Waals surface area (Å²) < 4.78 is 0. The molecule has 0 unspecified atom stereocenters. The van der Waals surface area contributed by atoms with Crippen molar-refractivity contribution in [2.24, 2.45) is 0 Å². The van der Waals surface area contributed by atoms with Crippen LogP contribution in [0.3, 0.4) is 0 Å². The van der Waals surface area contributed by atoms with Crippen LogP contribution in [-0.2, 0) is 6.42 Å². The van der Waals surface area contributed by atoms with E-state index >= 15 is 0 Å². The molecular weight excluding hydrogens is 264 g/mol. The molecule has 0 aliphatic heterocycles. The SMILES string of the molecule is CC(C)c1cc(CCBr)cc(C(C)C)c1O. The highest BCUT2D eigenvalue weighted by Gasteiger charge is 2.14. The summed E-state index contributed by atoms with van der Waals surface area (Å²) in [5.74, 6) is 1.23. The zero-order valence-electron chi connectivity index (χ0n) is 10.5. The normalized spacial score (nSPS) is 11.4. The van der Waals surface area contributed by atoms with Crippen molar-refractivity contribution in [2.75, 3.05) is 5.33 Å². The summed E-state index contributed by atoms with van der Waals surface area (Å²) >= 11 is 3.47. The maximum absolute atomic E-state index is 10.2. The van der Waals surface area contributed by atoms with E-state index in [0.717, 1.165) is 22.9 Å². The van der Waals surface area contributed by atoms with Crippen LogP contribution >= 0.6 is 15.9 Å². The van der Waals surface area contributed by atoms with Crippen molar-refractivity contribution in [3.05, 3.63) is 28.8 Å². The Hall–Kier alpha value is -0.500. The van der Waals surface area contributed by atoms with Crippen LogP contribution in [0.2, 0.25) is 0 Å². The van der Waals surface area contributed by atoms with Gasteiger partial charge in [0.2, 0.25) is 0 Å². The molecule has 0 bridgehead atoms. The van der Waals surface area contributed by atoms with E-state index in [-0.39, 0.29) is 0 Å². The molecule has 16 heavy (non-hydrogen) atoms. The summed E-state index contributed by atoms with van der Waals surface area (Å²) in [5, 5.41) is 11.2. The van der Waals surface area contributed by atoms with Crippen molar-refractivity contribution in [1.82, 2.24) is 0 Å². The molecule has 0 radical (unpaired) electrons. The quantitative estimate of drug-likeness (QED) is 0.803. The summed E-state index contributed by atoms with van der Waals surface area (Å²) in [7, 11) is 0. The predicted octanol–water partition coefficient (Wildman–Crippen LogP) is 4.58. The maximum Gasteiger partial charge on any atom is 0.122 e. The summed E-state index contributed by atoms with van der Waals surface area (Å²) in [6.07, 6.45) is 1.01. The first-order chi connectivity index (χ1) is 7.47. The van der Waals surface area contributed by atoms with Gasteiger partial charge in [0.1, 0.15) is 5.75 Å². The zero-order valence-corrected chi connectivity index (χ0v) is 12.1. The lowest BCUT2D eigenvalue weighted by Gasteiger charge is -2.17. The van der Waals surface area contributed by atoms with E-state index in [4.69, 9.17) is 0 Å². The first kappa shape index (κ1) is 13.6. The van der Waals surface area contributed by atoms with Crippen LogP contribution < -0.4 is 0 Å². The Morgan fingerprint density at radius 3 is 1.81 bits per heavy atom. The molecule has 0 fully saturated rings. The second kappa shape index (κ2) is 5.72. The first-order valence-corrected chi connectivity index (χ1v) is 7.01. The highest BCUT2D eigenvalue weighted by atomic mass is 79.9. The number of halogens is 1. The lowest BCUT2D eigenvalue weighted by atomic mass is 9.91. The molecule has 1 N–H and O–H groups in total. The summed E-state index contributed by atoms with van der Waals surface area (Å²) in [4.78, 5) is 0. The van der Waals surface area contributed by atoms with E-state index < -0.39 is 0 Å². The van der Waals surface area contributed by atoms with Crippen LogP contribution in [0.1, 0.15) is 56.2 Å². The fraction of sp³-hybridized carbons (Fsp3) is 0.571. The van der Waals surface area contributed by atoms with Crippen LogP contribution in [-0.4, -0.2) is 10.4 Å². The lowest BCUT2D eigenvalue weighted by molar-refractivity contribution is 0.454. The van der Waals surface area contributed by atoms with E-state index in [9.17, 15) is 5.11 Å². The lowest BCUT2D eigenvalue weighted by Crippen LogP contribution is -1.99. The van der Waals surface area contributed by atoms with Crippen LogP contribution in [0.5, 0.6) is 5.75 Å². The fourth-order valence-corrected chi connectivity index (χ4v) is 2.34. The van der Waals surface area contributed by atoms with Crippen LogP contribution in [0.4, 0.5) is 0 Å². The third-order valence-corrected chi connectivity index (χ3v) is 3.25. The zero-order chi connectivity index (χ0) is 12.3. The van der Waals surface area contributed by atoms with E-state index in [1.807, 2.05) is 0 Å². The molecule has 1 nitrogen and oxygen atoms in total. The number of aryl methyl sites for hydroxylation is 1. The maximum atomic E-state index is 10.2. The number of alkyl halides is 1. The molecule has 0 aliphatic rings. The van der Waals surface area contributed by atoms with E-state index in [1.165, 1.54) is 5.56 Å². The molecule has 0 aromatic heterocycles. The molecule has 1 aromatic carbocycles. The molecule has 0 saturated heterocycles. The number of benzene rings is 1. The van der Waals surface area contributed by atoms with Crippen molar-refractivity contribution in [1.29, 1.82) is 0 Å². The Labute approximate surface area is 107 Å². The minimum absolute atomic E-state index is 0.368. The van der Waals surface area contributed by atoms with Crippen molar-refractivity contribution in [2.45, 2.75) is 46.0 Å². The minimum atomic E-state index is 0.368. The predicted molar refractivity (Wildman–Crippen MR) is 73.8 cm³/mol. The molecule has 1 rings (SSSR count). The van der Waals surface area contributed by atoms with E-state index in [0.29, 0.717) is 17.6 Å². The summed E-state index contributed by atoms with van der Waals surface area (Å²) in [6, 6.07) is 4.26. The number of phenolic OH excluding ortho intramolecular Hbond substituents is 1. The second-order valence-electron chi connectivity index (χ2n) is 4.87. The Balaban J connectivity index is 3.27. The largest absolute Gasteiger partial charge is 0.507 e. The molecule has 0 atom stereocenters. The van der Waals surface area contributed by atoms with Crippen molar-refractivity contribution in [3.63, 3.8) is 0 Å². The number of phenols is 1. The van der Waals surface area contributed by atoms with Gasteiger partial charge in [-0.1, -0.05) is 55.8 Å². The smallest absolute Gasteiger partial charge is 0.122 e. The first-order valence-electron chi connectivity index (χ1n) is 5.89. The standard InChI is InChI=1S/C14H21BrO/c1-9(2)12-7-11(5-6-15)8-13(10(3)4)14(12)16/h7-10,16H,5-6H2,1-4H3. The van der Waals surface area contributed by atoms with E-state index in [1.54, 1.807) is 0 Å². The topological polar surface area (TPSA) is 20.2 Å². The molecule has 0 heterocycles. The molecule has 0 spiro atoms. The molecule has 2 heteroatoms. The van der Waals surface area contributed by atoms with Gasteiger partial charge in [-0.2, -0.15) is 0 Å². The Bertz CT molecular complexity index is 327. The Kier molecular flexibility index (Phi) is 4.85. The van der Waals surface area contributed by atoms with Crippen molar-refractivity contribution < 1.29 is 5.11 Å². The monoisotopic (exact) mass is 284 g/mol. The average Bonchev–Trinajstić information content (AvgIpc) is 2.19. The van der Waals surface area contributed by atoms with Crippen molar-refractivity contribution in [3.8, 4) is 5.75 Å². The molecule has 0 aliphatic carbocycles. The van der Waals surface area contributed by atoms with Gasteiger partial charge in [-0.25, -0.2) is 0 Å². The van der Waals surface area contributed by atoms with Crippen molar-refractivity contribution >= 4 is 15.9 Å². The summed E-state index contributed by atoms with van der Waals surface area (Å²) in [5.41, 5.74) is 3.45. The fourth-order valence-electron chi connectivity index (χ4n) is 1.88. The van der Waals surface area contributed by atoms with Crippen LogP contribution in [0.15, 0.2) is 12.1 Å². The average molecular weight is 285 g/mol. The Morgan fingerprint density at radius 2 is 1.50 bits per heavy atom. The second-order valence-corrected chi connectivity index (χ2v) is 5.66. The number of rotatable bonds is 4. The highest BCUT2D eigenvalue weighted by molar-refractivity contribution is 9.09. The van der Waals surface area contributed by atoms with Gasteiger partial charge in [-0.15, -0.1) is 0 Å². The summed E-state index contributed by atoms with van der Waals surface area (Å²) in [6.45, 7) is 8.49. The van der Waals surface area contributed by atoms with Crippen LogP contribution in [0, 0.1) is 0 Å². The van der Waals surface area contributed by atoms with Crippen LogP contribution in [0.25, 0.3) is 0 Å². The van der Waals surface area contributed by atoms with Gasteiger partial charge in [-0.3, -0.25) is 0 Å². The Morgan fingerprint density at radius 1 is 1.06 bits per heavy atom. The molecule has 1 aromatic rings. The number of aromatic hydroxyl groups is 1. The van der Waals surface area contributed by atoms with E-state index in [2.05, 4.69) is 55.8 Å². The third kappa shape index (κ3) is 3.00. The van der Waals surface area contributed by atoms with Gasteiger partial charge in [0.05, 0.1) is 0 Å². The highest BCUT2D eigenvalue weighted by Crippen LogP contribution is 2.34. The van der Waals surface area contributed by atoms with Gasteiger partial charge in [0.25, 0.3) is 0 Å². The van der Waals surface area contributed by atoms with Gasteiger partial charge in [-0.05, 0) is 34.9 Å². The van der Waals surface area contributed by atoms with Gasteiger partial charge >= 0.3 is 0 Å². The molecule has 90 valence electrons.